The lowest BCUT2D eigenvalue weighted by Gasteiger charge is -2.10. The van der Waals surface area contributed by atoms with Crippen molar-refractivity contribution in [1.82, 2.24) is 19.7 Å². The van der Waals surface area contributed by atoms with E-state index >= 15 is 0 Å². The number of aryl methyl sites for hydroxylation is 2. The number of nitrogens with zero attached hydrogens (tertiary/aromatic N) is 4. The van der Waals surface area contributed by atoms with E-state index in [1.54, 1.807) is 10.7 Å². The minimum atomic E-state index is -0.291. The Bertz CT molecular complexity index is 932. The van der Waals surface area contributed by atoms with E-state index in [9.17, 15) is 4.79 Å². The largest absolute Gasteiger partial charge is 0.484 e. The molecule has 1 N–H and O–H groups in total. The van der Waals surface area contributed by atoms with Gasteiger partial charge in [-0.25, -0.2) is 14.6 Å². The summed E-state index contributed by atoms with van der Waals surface area (Å²) < 4.78 is 7.25. The van der Waals surface area contributed by atoms with Gasteiger partial charge in [0, 0.05) is 11.8 Å². The first-order valence-electron chi connectivity index (χ1n) is 8.80. The van der Waals surface area contributed by atoms with Crippen molar-refractivity contribution in [2.75, 3.05) is 11.9 Å². The van der Waals surface area contributed by atoms with E-state index in [1.807, 2.05) is 44.2 Å². The van der Waals surface area contributed by atoms with Gasteiger partial charge in [-0.1, -0.05) is 26.0 Å². The number of carbonyl (C=O) groups is 1. The highest BCUT2D eigenvalue weighted by Crippen LogP contribution is 2.18. The molecule has 3 rings (SSSR count). The fourth-order valence-corrected chi connectivity index (χ4v) is 2.67. The standard InChI is InChI=1S/C20H23N5O2/c1-13(2)16-5-7-17(8-6-16)27-11-20(26)23-18-10-19(22-12-21-18)25-15(4)9-14(3)24-25/h5-10,12-13H,11H2,1-4H3,(H,21,22,23,26). The Morgan fingerprint density at radius 1 is 1.15 bits per heavy atom. The maximum absolute atomic E-state index is 12.2. The summed E-state index contributed by atoms with van der Waals surface area (Å²) in [6.45, 7) is 8.02. The van der Waals surface area contributed by atoms with E-state index in [-0.39, 0.29) is 12.5 Å². The van der Waals surface area contributed by atoms with Gasteiger partial charge in [0.05, 0.1) is 5.69 Å². The van der Waals surface area contributed by atoms with Crippen LogP contribution in [0.3, 0.4) is 0 Å². The number of carbonyl (C=O) groups excluding carboxylic acids is 1. The first-order valence-corrected chi connectivity index (χ1v) is 8.80. The first-order chi connectivity index (χ1) is 12.9. The van der Waals surface area contributed by atoms with Gasteiger partial charge >= 0.3 is 0 Å². The number of hydrogen-bond donors (Lipinski definition) is 1. The second-order valence-electron chi connectivity index (χ2n) is 6.66. The molecule has 1 amide bonds. The summed E-state index contributed by atoms with van der Waals surface area (Å²) in [7, 11) is 0. The van der Waals surface area contributed by atoms with Gasteiger partial charge in [-0.15, -0.1) is 0 Å². The van der Waals surface area contributed by atoms with E-state index in [4.69, 9.17) is 4.74 Å². The summed E-state index contributed by atoms with van der Waals surface area (Å²) >= 11 is 0. The number of benzene rings is 1. The maximum atomic E-state index is 12.2. The van der Waals surface area contributed by atoms with Crippen molar-refractivity contribution in [1.29, 1.82) is 0 Å². The molecule has 1 aromatic carbocycles. The van der Waals surface area contributed by atoms with Crippen LogP contribution in [0.1, 0.15) is 36.7 Å². The number of ether oxygens (including phenoxy) is 1. The molecule has 0 aliphatic rings. The topological polar surface area (TPSA) is 81.9 Å². The van der Waals surface area contributed by atoms with Crippen molar-refractivity contribution in [3.63, 3.8) is 0 Å². The van der Waals surface area contributed by atoms with Crippen molar-refractivity contribution in [3.05, 3.63) is 59.7 Å². The van der Waals surface area contributed by atoms with Gasteiger partial charge in [0.1, 0.15) is 17.9 Å². The van der Waals surface area contributed by atoms with Crippen molar-refractivity contribution in [3.8, 4) is 11.6 Å². The highest BCUT2D eigenvalue weighted by Gasteiger charge is 2.09. The Hall–Kier alpha value is -3.22. The fraction of sp³-hybridized carbons (Fsp3) is 0.300. The number of rotatable bonds is 6. The zero-order valence-corrected chi connectivity index (χ0v) is 15.9. The van der Waals surface area contributed by atoms with E-state index in [0.29, 0.717) is 23.3 Å². The minimum Gasteiger partial charge on any atom is -0.484 e. The Kier molecular flexibility index (Phi) is 5.49. The van der Waals surface area contributed by atoms with Gasteiger partial charge in [-0.3, -0.25) is 4.79 Å². The van der Waals surface area contributed by atoms with Crippen LogP contribution in [0.25, 0.3) is 5.82 Å². The quantitative estimate of drug-likeness (QED) is 0.724. The zero-order chi connectivity index (χ0) is 19.4. The maximum Gasteiger partial charge on any atom is 0.263 e. The normalized spacial score (nSPS) is 10.9. The molecule has 0 aliphatic heterocycles. The lowest BCUT2D eigenvalue weighted by atomic mass is 10.0. The molecule has 0 atom stereocenters. The second kappa shape index (κ2) is 7.99. The lowest BCUT2D eigenvalue weighted by molar-refractivity contribution is -0.118. The van der Waals surface area contributed by atoms with Crippen molar-refractivity contribution >= 4 is 11.7 Å². The van der Waals surface area contributed by atoms with Crippen LogP contribution < -0.4 is 10.1 Å². The average Bonchev–Trinajstić information content (AvgIpc) is 2.99. The van der Waals surface area contributed by atoms with Gasteiger partial charge in [-0.2, -0.15) is 5.10 Å². The summed E-state index contributed by atoms with van der Waals surface area (Å²) in [6.07, 6.45) is 1.40. The molecule has 0 saturated heterocycles. The second-order valence-corrected chi connectivity index (χ2v) is 6.66. The molecule has 27 heavy (non-hydrogen) atoms. The lowest BCUT2D eigenvalue weighted by Crippen LogP contribution is -2.21. The molecule has 0 unspecified atom stereocenters. The SMILES string of the molecule is Cc1cc(C)n(-c2cc(NC(=O)COc3ccc(C(C)C)cc3)ncn2)n1. The van der Waals surface area contributed by atoms with Crippen LogP contribution in [0.15, 0.2) is 42.7 Å². The molecule has 0 aliphatic carbocycles. The van der Waals surface area contributed by atoms with Crippen LogP contribution in [0.2, 0.25) is 0 Å². The van der Waals surface area contributed by atoms with Crippen LogP contribution in [0.5, 0.6) is 5.75 Å². The summed E-state index contributed by atoms with van der Waals surface area (Å²) in [4.78, 5) is 20.5. The van der Waals surface area contributed by atoms with Gasteiger partial charge in [0.15, 0.2) is 12.4 Å². The Morgan fingerprint density at radius 3 is 2.52 bits per heavy atom. The van der Waals surface area contributed by atoms with Crippen LogP contribution >= 0.6 is 0 Å². The van der Waals surface area contributed by atoms with Crippen molar-refractivity contribution in [2.24, 2.45) is 0 Å². The first kappa shape index (κ1) is 18.6. The predicted molar refractivity (Wildman–Crippen MR) is 103 cm³/mol. The van der Waals surface area contributed by atoms with Gasteiger partial charge < -0.3 is 10.1 Å². The van der Waals surface area contributed by atoms with Gasteiger partial charge in [0.2, 0.25) is 0 Å². The molecule has 0 radical (unpaired) electrons. The Morgan fingerprint density at radius 2 is 1.89 bits per heavy atom. The van der Waals surface area contributed by atoms with Crippen LogP contribution in [0.4, 0.5) is 5.82 Å². The highest BCUT2D eigenvalue weighted by atomic mass is 16.5. The molecule has 0 spiro atoms. The summed E-state index contributed by atoms with van der Waals surface area (Å²) in [5.74, 6) is 1.81. The molecule has 0 fully saturated rings. The molecule has 2 heterocycles. The number of amides is 1. The molecule has 0 saturated carbocycles. The molecule has 0 bridgehead atoms. The molecule has 3 aromatic rings. The van der Waals surface area contributed by atoms with Crippen LogP contribution in [-0.4, -0.2) is 32.3 Å². The molecular weight excluding hydrogens is 342 g/mol. The average molecular weight is 365 g/mol. The number of nitrogens with one attached hydrogen (secondary N) is 1. The number of anilines is 1. The number of hydrogen-bond acceptors (Lipinski definition) is 5. The van der Waals surface area contributed by atoms with Crippen molar-refractivity contribution in [2.45, 2.75) is 33.6 Å². The van der Waals surface area contributed by atoms with Gasteiger partial charge in [-0.05, 0) is 43.5 Å². The summed E-state index contributed by atoms with van der Waals surface area (Å²) in [6, 6.07) is 11.4. The minimum absolute atomic E-state index is 0.0970. The van der Waals surface area contributed by atoms with Gasteiger partial charge in [0.25, 0.3) is 5.91 Å². The highest BCUT2D eigenvalue weighted by molar-refractivity contribution is 5.91. The molecule has 140 valence electrons. The van der Waals surface area contributed by atoms with Crippen LogP contribution in [-0.2, 0) is 4.79 Å². The van der Waals surface area contributed by atoms with E-state index < -0.39 is 0 Å². The zero-order valence-electron chi connectivity index (χ0n) is 15.9. The summed E-state index contributed by atoms with van der Waals surface area (Å²) in [5, 5.41) is 7.11. The molecule has 2 aromatic heterocycles. The third kappa shape index (κ3) is 4.69. The third-order valence-electron chi connectivity index (χ3n) is 4.06. The smallest absolute Gasteiger partial charge is 0.263 e. The van der Waals surface area contributed by atoms with E-state index in [2.05, 4.69) is 34.2 Å². The van der Waals surface area contributed by atoms with E-state index in [1.165, 1.54) is 11.9 Å². The molecular formula is C20H23N5O2. The van der Waals surface area contributed by atoms with Crippen LogP contribution in [0, 0.1) is 13.8 Å². The molecule has 7 heteroatoms. The van der Waals surface area contributed by atoms with E-state index in [0.717, 1.165) is 11.4 Å². The number of aromatic nitrogens is 4. The predicted octanol–water partition coefficient (Wildman–Crippen LogP) is 3.42. The molecule has 7 nitrogen and oxygen atoms in total. The fourth-order valence-electron chi connectivity index (χ4n) is 2.67. The monoisotopic (exact) mass is 365 g/mol. The Balaban J connectivity index is 1.61. The Labute approximate surface area is 158 Å². The van der Waals surface area contributed by atoms with Crippen molar-refractivity contribution < 1.29 is 9.53 Å². The summed E-state index contributed by atoms with van der Waals surface area (Å²) in [5.41, 5.74) is 3.08. The third-order valence-corrected chi connectivity index (χ3v) is 4.06.